The summed E-state index contributed by atoms with van der Waals surface area (Å²) in [5.74, 6) is 0.0299. The molecule has 0 atom stereocenters. The molecule has 8 heteroatoms. The summed E-state index contributed by atoms with van der Waals surface area (Å²) in [6.45, 7) is 1.67. The van der Waals surface area contributed by atoms with Crippen LogP contribution in [0.1, 0.15) is 16.2 Å². The summed E-state index contributed by atoms with van der Waals surface area (Å²) >= 11 is 0. The Hall–Kier alpha value is -2.35. The zero-order chi connectivity index (χ0) is 14.8. The maximum Gasteiger partial charge on any atom is 0.277 e. The van der Waals surface area contributed by atoms with Crippen LogP contribution in [0.3, 0.4) is 0 Å². The van der Waals surface area contributed by atoms with Crippen LogP contribution in [0.4, 0.5) is 11.4 Å². The van der Waals surface area contributed by atoms with Gasteiger partial charge in [-0.1, -0.05) is 17.3 Å². The molecule has 1 heterocycles. The summed E-state index contributed by atoms with van der Waals surface area (Å²) in [6.07, 6.45) is 1.03. The number of hydrogen-bond acceptors (Lipinski definition) is 5. The Morgan fingerprint density at radius 1 is 1.25 bits per heavy atom. The van der Waals surface area contributed by atoms with Gasteiger partial charge in [-0.15, -0.1) is 0 Å². The number of sulfonamides is 1. The van der Waals surface area contributed by atoms with Gasteiger partial charge in [-0.2, -0.15) is 0 Å². The van der Waals surface area contributed by atoms with Gasteiger partial charge in [-0.05, 0) is 19.1 Å². The zero-order valence-corrected chi connectivity index (χ0v) is 11.7. The van der Waals surface area contributed by atoms with E-state index < -0.39 is 15.9 Å². The van der Waals surface area contributed by atoms with E-state index in [-0.39, 0.29) is 11.4 Å². The molecule has 1 amide bonds. The van der Waals surface area contributed by atoms with Gasteiger partial charge in [-0.3, -0.25) is 9.52 Å². The minimum atomic E-state index is -3.43. The van der Waals surface area contributed by atoms with Gasteiger partial charge in [0.05, 0.1) is 17.6 Å². The molecule has 0 aliphatic carbocycles. The van der Waals surface area contributed by atoms with Crippen molar-refractivity contribution in [3.05, 3.63) is 41.8 Å². The van der Waals surface area contributed by atoms with E-state index in [1.54, 1.807) is 31.2 Å². The van der Waals surface area contributed by atoms with Crippen LogP contribution in [0.5, 0.6) is 0 Å². The number of amides is 1. The molecule has 0 fully saturated rings. The van der Waals surface area contributed by atoms with E-state index in [1.807, 2.05) is 0 Å². The third-order valence-corrected chi connectivity index (χ3v) is 2.92. The van der Waals surface area contributed by atoms with E-state index in [0.717, 1.165) is 6.26 Å². The Bertz CT molecular complexity index is 737. The fraction of sp³-hybridized carbons (Fsp3) is 0.167. The largest absolute Gasteiger partial charge is 0.361 e. The van der Waals surface area contributed by atoms with Crippen LogP contribution in [0, 0.1) is 6.92 Å². The molecule has 7 nitrogen and oxygen atoms in total. The first-order valence-electron chi connectivity index (χ1n) is 5.66. The smallest absolute Gasteiger partial charge is 0.277 e. The highest BCUT2D eigenvalue weighted by Gasteiger charge is 2.14. The normalized spacial score (nSPS) is 11.1. The molecule has 0 radical (unpaired) electrons. The van der Waals surface area contributed by atoms with Gasteiger partial charge in [0, 0.05) is 6.07 Å². The van der Waals surface area contributed by atoms with Gasteiger partial charge in [-0.25, -0.2) is 8.42 Å². The van der Waals surface area contributed by atoms with Crippen molar-refractivity contribution < 1.29 is 17.7 Å². The number of anilines is 2. The second-order valence-electron chi connectivity index (χ2n) is 4.20. The molecule has 1 aromatic carbocycles. The van der Waals surface area contributed by atoms with Crippen molar-refractivity contribution in [1.29, 1.82) is 0 Å². The monoisotopic (exact) mass is 295 g/mol. The van der Waals surface area contributed by atoms with E-state index in [4.69, 9.17) is 4.52 Å². The van der Waals surface area contributed by atoms with Gasteiger partial charge in [0.25, 0.3) is 5.91 Å². The molecule has 2 rings (SSSR count). The lowest BCUT2D eigenvalue weighted by atomic mass is 10.2. The Balaban J connectivity index is 2.23. The van der Waals surface area contributed by atoms with Crippen LogP contribution < -0.4 is 10.0 Å². The molecule has 20 heavy (non-hydrogen) atoms. The number of benzene rings is 1. The summed E-state index contributed by atoms with van der Waals surface area (Å²) in [4.78, 5) is 11.9. The highest BCUT2D eigenvalue weighted by atomic mass is 32.2. The SMILES string of the molecule is Cc1cc(C(=O)Nc2ccccc2NS(C)(=O)=O)no1. The quantitative estimate of drug-likeness (QED) is 0.892. The lowest BCUT2D eigenvalue weighted by molar-refractivity contribution is 0.101. The van der Waals surface area contributed by atoms with Gasteiger partial charge >= 0.3 is 0 Å². The van der Waals surface area contributed by atoms with Crippen LogP contribution >= 0.6 is 0 Å². The first-order chi connectivity index (χ1) is 9.35. The van der Waals surface area contributed by atoms with E-state index >= 15 is 0 Å². The minimum absolute atomic E-state index is 0.122. The van der Waals surface area contributed by atoms with Crippen LogP contribution in [-0.4, -0.2) is 25.7 Å². The third kappa shape index (κ3) is 3.58. The number of nitrogens with zero attached hydrogens (tertiary/aromatic N) is 1. The van der Waals surface area contributed by atoms with Crippen molar-refractivity contribution in [3.8, 4) is 0 Å². The predicted octanol–water partition coefficient (Wildman–Crippen LogP) is 1.61. The molecular weight excluding hydrogens is 282 g/mol. The number of carbonyl (C=O) groups excluding carboxylic acids is 1. The summed E-state index contributed by atoms with van der Waals surface area (Å²) in [5, 5.41) is 6.16. The summed E-state index contributed by atoms with van der Waals surface area (Å²) in [5.41, 5.74) is 0.740. The molecule has 1 aromatic heterocycles. The van der Waals surface area contributed by atoms with Crippen LogP contribution in [0.25, 0.3) is 0 Å². The Morgan fingerprint density at radius 3 is 2.45 bits per heavy atom. The standard InChI is InChI=1S/C12H13N3O4S/c1-8-7-11(14-19-8)12(16)13-9-5-3-4-6-10(9)15-20(2,17)18/h3-7,15H,1-2H3,(H,13,16). The number of carbonyl (C=O) groups is 1. The Kier molecular flexibility index (Phi) is 3.75. The molecule has 0 saturated carbocycles. The first kappa shape index (κ1) is 14.1. The molecule has 0 aliphatic heterocycles. The number of rotatable bonds is 4. The summed E-state index contributed by atoms with van der Waals surface area (Å²) < 4.78 is 29.7. The highest BCUT2D eigenvalue weighted by Crippen LogP contribution is 2.22. The summed E-state index contributed by atoms with van der Waals surface area (Å²) in [6, 6.07) is 7.95. The lowest BCUT2D eigenvalue weighted by Crippen LogP contribution is -2.16. The molecule has 0 bridgehead atoms. The Labute approximate surface area is 116 Å². The average molecular weight is 295 g/mol. The van der Waals surface area contributed by atoms with Gasteiger partial charge in [0.2, 0.25) is 10.0 Å². The number of aryl methyl sites for hydroxylation is 1. The fourth-order valence-electron chi connectivity index (χ4n) is 1.54. The number of hydrogen-bond donors (Lipinski definition) is 2. The van der Waals surface area contributed by atoms with Crippen molar-refractivity contribution >= 4 is 27.3 Å². The third-order valence-electron chi connectivity index (χ3n) is 2.33. The van der Waals surface area contributed by atoms with Crippen molar-refractivity contribution in [2.45, 2.75) is 6.92 Å². The van der Waals surface area contributed by atoms with Crippen molar-refractivity contribution in [2.75, 3.05) is 16.3 Å². The minimum Gasteiger partial charge on any atom is -0.361 e. The van der Waals surface area contributed by atoms with Gasteiger partial charge < -0.3 is 9.84 Å². The second kappa shape index (κ2) is 5.33. The van der Waals surface area contributed by atoms with Gasteiger partial charge in [0.1, 0.15) is 5.76 Å². The highest BCUT2D eigenvalue weighted by molar-refractivity contribution is 7.92. The van der Waals surface area contributed by atoms with E-state index in [1.165, 1.54) is 6.07 Å². The molecule has 0 saturated heterocycles. The zero-order valence-electron chi connectivity index (χ0n) is 10.9. The molecule has 0 aliphatic rings. The Morgan fingerprint density at radius 2 is 1.90 bits per heavy atom. The van der Waals surface area contributed by atoms with E-state index in [2.05, 4.69) is 15.2 Å². The lowest BCUT2D eigenvalue weighted by Gasteiger charge is -2.10. The molecule has 106 valence electrons. The fourth-order valence-corrected chi connectivity index (χ4v) is 2.12. The van der Waals surface area contributed by atoms with Crippen molar-refractivity contribution in [2.24, 2.45) is 0 Å². The molecule has 0 spiro atoms. The average Bonchev–Trinajstić information content (AvgIpc) is 2.77. The van der Waals surface area contributed by atoms with Crippen LogP contribution in [-0.2, 0) is 10.0 Å². The predicted molar refractivity (Wildman–Crippen MR) is 74.1 cm³/mol. The maximum absolute atomic E-state index is 11.9. The van der Waals surface area contributed by atoms with Crippen LogP contribution in [0.15, 0.2) is 34.9 Å². The van der Waals surface area contributed by atoms with E-state index in [9.17, 15) is 13.2 Å². The first-order valence-corrected chi connectivity index (χ1v) is 7.56. The van der Waals surface area contributed by atoms with Gasteiger partial charge in [0.15, 0.2) is 5.69 Å². The van der Waals surface area contributed by atoms with Crippen LogP contribution in [0.2, 0.25) is 0 Å². The maximum atomic E-state index is 11.9. The number of aromatic nitrogens is 1. The topological polar surface area (TPSA) is 101 Å². The van der Waals surface area contributed by atoms with E-state index in [0.29, 0.717) is 11.4 Å². The second-order valence-corrected chi connectivity index (χ2v) is 5.95. The molecular formula is C12H13N3O4S. The van der Waals surface area contributed by atoms with Crippen molar-refractivity contribution in [1.82, 2.24) is 5.16 Å². The van der Waals surface area contributed by atoms with Crippen molar-refractivity contribution in [3.63, 3.8) is 0 Å². The molecule has 2 N–H and O–H groups in total. The molecule has 0 unspecified atom stereocenters. The summed E-state index contributed by atoms with van der Waals surface area (Å²) in [7, 11) is -3.43. The number of para-hydroxylation sites is 2. The number of nitrogens with one attached hydrogen (secondary N) is 2. The molecule has 2 aromatic rings.